The standard InChI is InChI=1S/C20H19N3S/c1-13(2)19(22)23-20(3)15-8-4-5-10-17(15)24-18-11-14(12-21)7-6-9-16(18)20/h4-6,8-11H,1,7H2,2-3H3,(H2,22,23). The Morgan fingerprint density at radius 1 is 1.42 bits per heavy atom. The number of thioether (sulfide) groups is 1. The van der Waals surface area contributed by atoms with Crippen LogP contribution in [-0.2, 0) is 5.54 Å². The second kappa shape index (κ2) is 6.18. The summed E-state index contributed by atoms with van der Waals surface area (Å²) in [5, 5.41) is 9.31. The van der Waals surface area contributed by atoms with Crippen molar-refractivity contribution in [3.8, 4) is 6.07 Å². The Morgan fingerprint density at radius 2 is 2.17 bits per heavy atom. The third kappa shape index (κ3) is 2.72. The molecule has 0 saturated carbocycles. The van der Waals surface area contributed by atoms with Gasteiger partial charge in [-0.3, -0.25) is 4.99 Å². The number of nitrogens with zero attached hydrogens (tertiary/aromatic N) is 2. The number of fused-ring (bicyclic) bond motifs is 1. The molecule has 1 aromatic rings. The molecule has 0 aromatic heterocycles. The van der Waals surface area contributed by atoms with Crippen molar-refractivity contribution in [3.05, 3.63) is 76.3 Å². The Morgan fingerprint density at radius 3 is 2.88 bits per heavy atom. The van der Waals surface area contributed by atoms with Crippen LogP contribution in [-0.4, -0.2) is 5.84 Å². The van der Waals surface area contributed by atoms with E-state index in [1.165, 1.54) is 0 Å². The van der Waals surface area contributed by atoms with E-state index in [1.807, 2.05) is 31.2 Å². The summed E-state index contributed by atoms with van der Waals surface area (Å²) in [5.74, 6) is 0.452. The summed E-state index contributed by atoms with van der Waals surface area (Å²) in [5.41, 5.74) is 9.23. The summed E-state index contributed by atoms with van der Waals surface area (Å²) in [6.45, 7) is 7.84. The maximum atomic E-state index is 9.31. The lowest BCUT2D eigenvalue weighted by Crippen LogP contribution is -2.29. The van der Waals surface area contributed by atoms with E-state index in [2.05, 4.69) is 37.8 Å². The highest BCUT2D eigenvalue weighted by atomic mass is 32.2. The van der Waals surface area contributed by atoms with Crippen LogP contribution in [0.3, 0.4) is 0 Å². The van der Waals surface area contributed by atoms with Gasteiger partial charge in [0.05, 0.1) is 6.07 Å². The molecular weight excluding hydrogens is 314 g/mol. The first kappa shape index (κ1) is 16.4. The van der Waals surface area contributed by atoms with Crippen LogP contribution < -0.4 is 5.73 Å². The number of nitriles is 1. The van der Waals surface area contributed by atoms with E-state index in [-0.39, 0.29) is 0 Å². The topological polar surface area (TPSA) is 62.2 Å². The van der Waals surface area contributed by atoms with Gasteiger partial charge in [0.15, 0.2) is 0 Å². The summed E-state index contributed by atoms with van der Waals surface area (Å²) in [6, 6.07) is 10.5. The minimum absolute atomic E-state index is 0.452. The van der Waals surface area contributed by atoms with Crippen LogP contribution >= 0.6 is 11.8 Å². The van der Waals surface area contributed by atoms with E-state index in [0.29, 0.717) is 12.3 Å². The Hall–Kier alpha value is -2.51. The van der Waals surface area contributed by atoms with Crippen molar-refractivity contribution >= 4 is 17.6 Å². The quantitative estimate of drug-likeness (QED) is 0.635. The Labute approximate surface area is 147 Å². The zero-order valence-electron chi connectivity index (χ0n) is 13.8. The van der Waals surface area contributed by atoms with E-state index in [0.717, 1.165) is 32.1 Å². The Bertz CT molecular complexity index is 880. The first-order valence-electron chi connectivity index (χ1n) is 7.76. The van der Waals surface area contributed by atoms with Gasteiger partial charge in [0.1, 0.15) is 11.4 Å². The summed E-state index contributed by atoms with van der Waals surface area (Å²) in [4.78, 5) is 7.04. The number of hydrogen-bond donors (Lipinski definition) is 1. The van der Waals surface area contributed by atoms with Gasteiger partial charge in [0.2, 0.25) is 0 Å². The number of nitrogens with two attached hydrogens (primary N) is 1. The lowest BCUT2D eigenvalue weighted by Gasteiger charge is -2.35. The number of hydrogen-bond acceptors (Lipinski definition) is 3. The highest BCUT2D eigenvalue weighted by molar-refractivity contribution is 8.03. The summed E-state index contributed by atoms with van der Waals surface area (Å²) < 4.78 is 0. The number of amidine groups is 1. The molecule has 0 saturated heterocycles. The molecule has 1 atom stereocenters. The number of rotatable bonds is 2. The highest BCUT2D eigenvalue weighted by Crippen LogP contribution is 2.51. The lowest BCUT2D eigenvalue weighted by atomic mass is 9.83. The minimum Gasteiger partial charge on any atom is -0.384 e. The number of benzene rings is 1. The first-order valence-corrected chi connectivity index (χ1v) is 8.58. The van der Waals surface area contributed by atoms with Gasteiger partial charge >= 0.3 is 0 Å². The maximum absolute atomic E-state index is 9.31. The molecule has 2 aliphatic rings. The molecule has 1 aliphatic heterocycles. The molecule has 1 heterocycles. The predicted octanol–water partition coefficient (Wildman–Crippen LogP) is 4.60. The second-order valence-corrected chi connectivity index (χ2v) is 7.20. The van der Waals surface area contributed by atoms with E-state index in [9.17, 15) is 5.26 Å². The van der Waals surface area contributed by atoms with Crippen LogP contribution in [0.4, 0.5) is 0 Å². The molecule has 1 unspecified atom stereocenters. The van der Waals surface area contributed by atoms with Crippen molar-refractivity contribution in [3.63, 3.8) is 0 Å². The number of aliphatic imine (C=N–C) groups is 1. The first-order chi connectivity index (χ1) is 11.5. The monoisotopic (exact) mass is 333 g/mol. The van der Waals surface area contributed by atoms with Crippen LogP contribution in [0.5, 0.6) is 0 Å². The third-order valence-electron chi connectivity index (χ3n) is 4.27. The Balaban J connectivity index is 2.29. The van der Waals surface area contributed by atoms with Gasteiger partial charge in [-0.15, -0.1) is 0 Å². The largest absolute Gasteiger partial charge is 0.384 e. The van der Waals surface area contributed by atoms with Crippen molar-refractivity contribution in [2.45, 2.75) is 30.7 Å². The molecule has 0 spiro atoms. The smallest absolute Gasteiger partial charge is 0.121 e. The molecule has 0 fully saturated rings. The molecule has 3 rings (SSSR count). The van der Waals surface area contributed by atoms with Crippen LogP contribution in [0.15, 0.2) is 80.6 Å². The molecule has 4 heteroatoms. The summed E-state index contributed by atoms with van der Waals surface area (Å²) in [7, 11) is 0. The van der Waals surface area contributed by atoms with E-state index >= 15 is 0 Å². The van der Waals surface area contributed by atoms with Gasteiger partial charge in [0.25, 0.3) is 0 Å². The maximum Gasteiger partial charge on any atom is 0.121 e. The average Bonchev–Trinajstić information content (AvgIpc) is 2.77. The van der Waals surface area contributed by atoms with Crippen LogP contribution in [0.25, 0.3) is 0 Å². The highest BCUT2D eigenvalue weighted by Gasteiger charge is 2.38. The van der Waals surface area contributed by atoms with Crippen molar-refractivity contribution in [2.75, 3.05) is 0 Å². The van der Waals surface area contributed by atoms with Crippen LogP contribution in [0, 0.1) is 11.3 Å². The van der Waals surface area contributed by atoms with Crippen LogP contribution in [0.1, 0.15) is 25.8 Å². The van der Waals surface area contributed by atoms with E-state index in [1.54, 1.807) is 11.8 Å². The second-order valence-electron chi connectivity index (χ2n) is 6.11. The van der Waals surface area contributed by atoms with E-state index < -0.39 is 5.54 Å². The van der Waals surface area contributed by atoms with Crippen molar-refractivity contribution in [2.24, 2.45) is 10.7 Å². The summed E-state index contributed by atoms with van der Waals surface area (Å²) >= 11 is 1.68. The van der Waals surface area contributed by atoms with Crippen LogP contribution in [0.2, 0.25) is 0 Å². The lowest BCUT2D eigenvalue weighted by molar-refractivity contribution is 0.588. The van der Waals surface area contributed by atoms with Gasteiger partial charge in [-0.1, -0.05) is 48.7 Å². The normalized spacial score (nSPS) is 22.9. The molecular formula is C20H19N3S. The average molecular weight is 333 g/mol. The zero-order valence-corrected chi connectivity index (χ0v) is 14.7. The fourth-order valence-corrected chi connectivity index (χ4v) is 4.26. The fraction of sp³-hybridized carbons (Fsp3) is 0.200. The van der Waals surface area contributed by atoms with Gasteiger partial charge in [-0.05, 0) is 42.7 Å². The third-order valence-corrected chi connectivity index (χ3v) is 5.41. The van der Waals surface area contributed by atoms with Gasteiger partial charge in [-0.25, -0.2) is 0 Å². The van der Waals surface area contributed by atoms with E-state index in [4.69, 9.17) is 10.7 Å². The van der Waals surface area contributed by atoms with Gasteiger partial charge in [0, 0.05) is 21.8 Å². The summed E-state index contributed by atoms with van der Waals surface area (Å²) in [6.07, 6.45) is 6.71. The molecule has 24 heavy (non-hydrogen) atoms. The minimum atomic E-state index is -0.599. The van der Waals surface area contributed by atoms with Crippen molar-refractivity contribution < 1.29 is 0 Å². The molecule has 1 aliphatic carbocycles. The number of allylic oxidation sites excluding steroid dienone is 3. The van der Waals surface area contributed by atoms with Gasteiger partial charge < -0.3 is 5.73 Å². The molecule has 0 bridgehead atoms. The zero-order chi connectivity index (χ0) is 17.3. The molecule has 0 radical (unpaired) electrons. The molecule has 2 N–H and O–H groups in total. The Kier molecular flexibility index (Phi) is 4.21. The van der Waals surface area contributed by atoms with Crippen molar-refractivity contribution in [1.82, 2.24) is 0 Å². The predicted molar refractivity (Wildman–Crippen MR) is 101 cm³/mol. The molecule has 3 nitrogen and oxygen atoms in total. The van der Waals surface area contributed by atoms with Gasteiger partial charge in [-0.2, -0.15) is 5.26 Å². The SMILES string of the molecule is C=C(C)C(N)=NC1(C)C2=C(C=C(C#N)CC=C2)Sc2ccccc21. The molecule has 120 valence electrons. The van der Waals surface area contributed by atoms with Crippen molar-refractivity contribution in [1.29, 1.82) is 5.26 Å². The fourth-order valence-electron chi connectivity index (χ4n) is 2.92. The molecule has 1 aromatic carbocycles. The molecule has 0 amide bonds.